The molecule has 84 valence electrons. The summed E-state index contributed by atoms with van der Waals surface area (Å²) in [6.45, 7) is 8.61. The van der Waals surface area contributed by atoms with Crippen molar-refractivity contribution in [2.75, 3.05) is 0 Å². The third-order valence-corrected chi connectivity index (χ3v) is 2.62. The molecular formula is C14H22O. The van der Waals surface area contributed by atoms with Crippen molar-refractivity contribution < 1.29 is 4.79 Å². The molecule has 1 unspecified atom stereocenters. The number of rotatable bonds is 3. The molecule has 0 bridgehead atoms. The Bertz CT molecular complexity index is 289. The van der Waals surface area contributed by atoms with Crippen LogP contribution in [0.15, 0.2) is 23.8 Å². The predicted molar refractivity (Wildman–Crippen MR) is 64.7 cm³/mol. The fourth-order valence-corrected chi connectivity index (χ4v) is 1.91. The van der Waals surface area contributed by atoms with E-state index >= 15 is 0 Å². The maximum Gasteiger partial charge on any atom is 0.181 e. The molecule has 15 heavy (non-hydrogen) atoms. The van der Waals surface area contributed by atoms with Crippen molar-refractivity contribution >= 4 is 5.78 Å². The van der Waals surface area contributed by atoms with Gasteiger partial charge in [0.2, 0.25) is 0 Å². The van der Waals surface area contributed by atoms with Crippen LogP contribution in [0.4, 0.5) is 0 Å². The van der Waals surface area contributed by atoms with E-state index in [1.165, 1.54) is 12.8 Å². The van der Waals surface area contributed by atoms with Gasteiger partial charge in [-0.3, -0.25) is 4.79 Å². The van der Waals surface area contributed by atoms with E-state index in [0.29, 0.717) is 5.92 Å². The van der Waals surface area contributed by atoms with Gasteiger partial charge in [0.25, 0.3) is 0 Å². The lowest BCUT2D eigenvalue weighted by Gasteiger charge is -2.17. The summed E-state index contributed by atoms with van der Waals surface area (Å²) in [5, 5.41) is 0. The van der Waals surface area contributed by atoms with E-state index in [4.69, 9.17) is 0 Å². The van der Waals surface area contributed by atoms with Crippen LogP contribution in [0.2, 0.25) is 0 Å². The van der Waals surface area contributed by atoms with E-state index in [2.05, 4.69) is 39.8 Å². The summed E-state index contributed by atoms with van der Waals surface area (Å²) in [7, 11) is 0. The minimum atomic E-state index is 0.0987. The predicted octanol–water partition coefficient (Wildman–Crippen LogP) is 3.90. The van der Waals surface area contributed by atoms with Crippen molar-refractivity contribution in [1.82, 2.24) is 0 Å². The monoisotopic (exact) mass is 206 g/mol. The van der Waals surface area contributed by atoms with E-state index < -0.39 is 0 Å². The summed E-state index contributed by atoms with van der Waals surface area (Å²) in [6.07, 6.45) is 9.44. The second-order valence-corrected chi connectivity index (χ2v) is 5.44. The van der Waals surface area contributed by atoms with E-state index in [9.17, 15) is 4.79 Å². The van der Waals surface area contributed by atoms with Gasteiger partial charge in [0.05, 0.1) is 0 Å². The Morgan fingerprint density at radius 2 is 2.07 bits per heavy atom. The number of allylic oxidation sites excluding steroid dienone is 4. The number of hydrogen-bond acceptors (Lipinski definition) is 1. The number of carbonyl (C=O) groups excluding carboxylic acids is 1. The highest BCUT2D eigenvalue weighted by Gasteiger charge is 2.24. The molecule has 0 heterocycles. The molecule has 0 fully saturated rings. The van der Waals surface area contributed by atoms with Gasteiger partial charge in [0, 0.05) is 11.5 Å². The Balaban J connectivity index is 2.76. The molecule has 0 saturated carbocycles. The van der Waals surface area contributed by atoms with Crippen LogP contribution in [-0.2, 0) is 4.79 Å². The maximum atomic E-state index is 11.7. The van der Waals surface area contributed by atoms with Gasteiger partial charge in [-0.05, 0) is 17.9 Å². The van der Waals surface area contributed by atoms with Crippen molar-refractivity contribution in [2.45, 2.75) is 47.0 Å². The lowest BCUT2D eigenvalue weighted by Crippen LogP contribution is -2.09. The first kappa shape index (κ1) is 12.2. The van der Waals surface area contributed by atoms with Crippen molar-refractivity contribution in [1.29, 1.82) is 0 Å². The molecule has 0 aromatic heterocycles. The number of hydrogen-bond donors (Lipinski definition) is 0. The van der Waals surface area contributed by atoms with Crippen LogP contribution in [0.1, 0.15) is 47.0 Å². The molecule has 0 amide bonds. The molecule has 1 atom stereocenters. The zero-order valence-electron chi connectivity index (χ0n) is 10.3. The molecule has 1 aliphatic carbocycles. The van der Waals surface area contributed by atoms with Crippen molar-refractivity contribution in [3.8, 4) is 0 Å². The summed E-state index contributed by atoms with van der Waals surface area (Å²) in [5.74, 6) is 0.586. The Morgan fingerprint density at radius 1 is 1.40 bits per heavy atom. The van der Waals surface area contributed by atoms with Gasteiger partial charge in [-0.15, -0.1) is 0 Å². The average Bonchev–Trinajstić information content (AvgIpc) is 2.43. The molecule has 0 aromatic carbocycles. The van der Waals surface area contributed by atoms with Crippen molar-refractivity contribution in [2.24, 2.45) is 11.3 Å². The molecule has 0 saturated heterocycles. The van der Waals surface area contributed by atoms with Gasteiger partial charge in [0.1, 0.15) is 0 Å². The lowest BCUT2D eigenvalue weighted by molar-refractivity contribution is -0.111. The summed E-state index contributed by atoms with van der Waals surface area (Å²) in [5.41, 5.74) is 1.11. The molecule has 0 aromatic rings. The maximum absolute atomic E-state index is 11.7. The first-order valence-electron chi connectivity index (χ1n) is 5.89. The van der Waals surface area contributed by atoms with Crippen molar-refractivity contribution in [3.63, 3.8) is 0 Å². The average molecular weight is 206 g/mol. The molecule has 1 aliphatic rings. The van der Waals surface area contributed by atoms with Crippen LogP contribution in [0, 0.1) is 11.3 Å². The van der Waals surface area contributed by atoms with E-state index in [1.54, 1.807) is 6.08 Å². The normalized spacial score (nSPS) is 24.1. The van der Waals surface area contributed by atoms with Crippen LogP contribution in [0.5, 0.6) is 0 Å². The molecule has 0 N–H and O–H groups in total. The summed E-state index contributed by atoms with van der Waals surface area (Å²) >= 11 is 0. The van der Waals surface area contributed by atoms with Crippen LogP contribution in [0.25, 0.3) is 0 Å². The van der Waals surface area contributed by atoms with Gasteiger partial charge in [-0.25, -0.2) is 0 Å². The lowest BCUT2D eigenvalue weighted by atomic mass is 9.87. The van der Waals surface area contributed by atoms with E-state index in [-0.39, 0.29) is 11.2 Å². The van der Waals surface area contributed by atoms with Crippen molar-refractivity contribution in [3.05, 3.63) is 23.8 Å². The smallest absolute Gasteiger partial charge is 0.181 e. The van der Waals surface area contributed by atoms with Crippen LogP contribution in [-0.4, -0.2) is 5.78 Å². The summed E-state index contributed by atoms with van der Waals surface area (Å²) in [6, 6.07) is 0. The second-order valence-electron chi connectivity index (χ2n) is 5.44. The quantitative estimate of drug-likeness (QED) is 0.640. The minimum absolute atomic E-state index is 0.0987. The highest BCUT2D eigenvalue weighted by atomic mass is 16.1. The molecule has 1 nitrogen and oxygen atoms in total. The fourth-order valence-electron chi connectivity index (χ4n) is 1.91. The highest BCUT2D eigenvalue weighted by molar-refractivity contribution is 6.07. The summed E-state index contributed by atoms with van der Waals surface area (Å²) < 4.78 is 0. The SMILES string of the molecule is CCCCC1C=CC(=O)C1=CC(C)(C)C. The Morgan fingerprint density at radius 3 is 2.60 bits per heavy atom. The third kappa shape index (κ3) is 3.65. The molecule has 0 spiro atoms. The Hall–Kier alpha value is -0.850. The number of ketones is 1. The highest BCUT2D eigenvalue weighted by Crippen LogP contribution is 2.30. The number of carbonyl (C=O) groups is 1. The topological polar surface area (TPSA) is 17.1 Å². The Kier molecular flexibility index (Phi) is 3.90. The van der Waals surface area contributed by atoms with Gasteiger partial charge in [-0.1, -0.05) is 52.7 Å². The first-order chi connectivity index (χ1) is 6.94. The molecule has 1 heteroatoms. The van der Waals surface area contributed by atoms with Gasteiger partial charge >= 0.3 is 0 Å². The third-order valence-electron chi connectivity index (χ3n) is 2.62. The van der Waals surface area contributed by atoms with Crippen LogP contribution in [0.3, 0.4) is 0 Å². The zero-order chi connectivity index (χ0) is 11.5. The van der Waals surface area contributed by atoms with Gasteiger partial charge in [0.15, 0.2) is 5.78 Å². The van der Waals surface area contributed by atoms with E-state index in [0.717, 1.165) is 12.0 Å². The fraction of sp³-hybridized carbons (Fsp3) is 0.643. The van der Waals surface area contributed by atoms with Crippen LogP contribution >= 0.6 is 0 Å². The molecule has 0 radical (unpaired) electrons. The zero-order valence-corrected chi connectivity index (χ0v) is 10.3. The molecule has 1 rings (SSSR count). The first-order valence-corrected chi connectivity index (χ1v) is 5.89. The second kappa shape index (κ2) is 4.78. The molecular weight excluding hydrogens is 184 g/mol. The van der Waals surface area contributed by atoms with E-state index in [1.807, 2.05) is 0 Å². The minimum Gasteiger partial charge on any atom is -0.290 e. The van der Waals surface area contributed by atoms with Gasteiger partial charge in [-0.2, -0.15) is 0 Å². The largest absolute Gasteiger partial charge is 0.290 e. The molecule has 0 aliphatic heterocycles. The standard InChI is InChI=1S/C14H22O/c1-5-6-7-11-8-9-13(15)12(11)10-14(2,3)4/h8-11H,5-7H2,1-4H3. The summed E-state index contributed by atoms with van der Waals surface area (Å²) in [4.78, 5) is 11.7. The number of unbranched alkanes of at least 4 members (excludes halogenated alkanes) is 1. The van der Waals surface area contributed by atoms with Crippen LogP contribution < -0.4 is 0 Å². The Labute approximate surface area is 93.3 Å². The van der Waals surface area contributed by atoms with Gasteiger partial charge < -0.3 is 0 Å².